The predicted octanol–water partition coefficient (Wildman–Crippen LogP) is 5.05. The van der Waals surface area contributed by atoms with Crippen molar-refractivity contribution < 1.29 is 9.53 Å². The van der Waals surface area contributed by atoms with Crippen LogP contribution in [-0.2, 0) is 9.53 Å². The molecule has 0 N–H and O–H groups in total. The molecule has 0 rings (SSSR count). The summed E-state index contributed by atoms with van der Waals surface area (Å²) in [4.78, 5) is 11.5. The fourth-order valence-corrected chi connectivity index (χ4v) is 1.94. The van der Waals surface area contributed by atoms with Gasteiger partial charge >= 0.3 is 5.97 Å². The average molecular weight is 266 g/mol. The standard InChI is InChI=1S/C17H30O2/c1-4-6-7-8-9-10-11-13-17(18)19-15-14-16(3)12-5-2/h4-5,16H,1-2,6-15H2,3H3. The van der Waals surface area contributed by atoms with Crippen LogP contribution in [0.3, 0.4) is 0 Å². The zero-order valence-electron chi connectivity index (χ0n) is 12.5. The number of hydrogen-bond acceptors (Lipinski definition) is 2. The highest BCUT2D eigenvalue weighted by Gasteiger charge is 2.04. The summed E-state index contributed by atoms with van der Waals surface area (Å²) >= 11 is 0. The molecule has 0 bridgehead atoms. The van der Waals surface area contributed by atoms with E-state index in [0.717, 1.165) is 32.1 Å². The molecule has 0 fully saturated rings. The van der Waals surface area contributed by atoms with Crippen LogP contribution in [0.5, 0.6) is 0 Å². The molecule has 19 heavy (non-hydrogen) atoms. The number of ether oxygens (including phenoxy) is 1. The fourth-order valence-electron chi connectivity index (χ4n) is 1.94. The van der Waals surface area contributed by atoms with E-state index >= 15 is 0 Å². The summed E-state index contributed by atoms with van der Waals surface area (Å²) in [6, 6.07) is 0. The molecule has 0 amide bonds. The summed E-state index contributed by atoms with van der Waals surface area (Å²) in [7, 11) is 0. The van der Waals surface area contributed by atoms with Crippen molar-refractivity contribution in [2.75, 3.05) is 6.61 Å². The maximum Gasteiger partial charge on any atom is 0.305 e. The van der Waals surface area contributed by atoms with Gasteiger partial charge in [-0.25, -0.2) is 0 Å². The summed E-state index contributed by atoms with van der Waals surface area (Å²) in [6.45, 7) is 10.1. The van der Waals surface area contributed by atoms with Crippen LogP contribution < -0.4 is 0 Å². The van der Waals surface area contributed by atoms with Crippen LogP contribution in [-0.4, -0.2) is 12.6 Å². The van der Waals surface area contributed by atoms with E-state index in [1.807, 2.05) is 12.2 Å². The van der Waals surface area contributed by atoms with E-state index in [0.29, 0.717) is 18.9 Å². The normalized spacial score (nSPS) is 11.8. The first kappa shape index (κ1) is 17.9. The Kier molecular flexibility index (Phi) is 12.6. The van der Waals surface area contributed by atoms with Gasteiger partial charge in [0.25, 0.3) is 0 Å². The van der Waals surface area contributed by atoms with E-state index in [2.05, 4.69) is 20.1 Å². The molecule has 2 nitrogen and oxygen atoms in total. The van der Waals surface area contributed by atoms with Crippen molar-refractivity contribution in [1.82, 2.24) is 0 Å². The second-order valence-corrected chi connectivity index (χ2v) is 5.23. The minimum absolute atomic E-state index is 0.0445. The first-order chi connectivity index (χ1) is 9.20. The quantitative estimate of drug-likeness (QED) is 0.265. The van der Waals surface area contributed by atoms with Crippen molar-refractivity contribution in [1.29, 1.82) is 0 Å². The summed E-state index contributed by atoms with van der Waals surface area (Å²) in [5, 5.41) is 0. The lowest BCUT2D eigenvalue weighted by molar-refractivity contribution is -0.144. The van der Waals surface area contributed by atoms with Crippen LogP contribution in [0.15, 0.2) is 25.3 Å². The van der Waals surface area contributed by atoms with Crippen LogP contribution in [0.4, 0.5) is 0 Å². The van der Waals surface area contributed by atoms with Crippen molar-refractivity contribution in [3.8, 4) is 0 Å². The maximum atomic E-state index is 11.5. The zero-order valence-corrected chi connectivity index (χ0v) is 12.5. The molecule has 0 saturated carbocycles. The number of unbranched alkanes of at least 4 members (excludes halogenated alkanes) is 5. The van der Waals surface area contributed by atoms with Crippen LogP contribution in [0, 0.1) is 5.92 Å². The predicted molar refractivity (Wildman–Crippen MR) is 82.1 cm³/mol. The third-order valence-electron chi connectivity index (χ3n) is 3.23. The Balaban J connectivity index is 3.30. The minimum Gasteiger partial charge on any atom is -0.466 e. The van der Waals surface area contributed by atoms with E-state index in [1.165, 1.54) is 19.3 Å². The van der Waals surface area contributed by atoms with Crippen molar-refractivity contribution in [2.24, 2.45) is 5.92 Å². The third kappa shape index (κ3) is 13.2. The Labute approximate surface area is 118 Å². The van der Waals surface area contributed by atoms with Gasteiger partial charge in [-0.2, -0.15) is 0 Å². The molecule has 0 spiro atoms. The van der Waals surface area contributed by atoms with E-state index in [-0.39, 0.29) is 5.97 Å². The van der Waals surface area contributed by atoms with Gasteiger partial charge in [0, 0.05) is 6.42 Å². The smallest absolute Gasteiger partial charge is 0.305 e. The van der Waals surface area contributed by atoms with Crippen LogP contribution >= 0.6 is 0 Å². The van der Waals surface area contributed by atoms with Crippen LogP contribution in [0.1, 0.15) is 64.7 Å². The Morgan fingerprint density at radius 3 is 2.47 bits per heavy atom. The van der Waals surface area contributed by atoms with E-state index in [1.54, 1.807) is 0 Å². The Morgan fingerprint density at radius 1 is 1.11 bits per heavy atom. The molecular weight excluding hydrogens is 236 g/mol. The number of carbonyl (C=O) groups excluding carboxylic acids is 1. The Bertz CT molecular complexity index is 246. The van der Waals surface area contributed by atoms with Gasteiger partial charge in [0.2, 0.25) is 0 Å². The number of esters is 1. The molecule has 0 aliphatic carbocycles. The van der Waals surface area contributed by atoms with Crippen molar-refractivity contribution in [3.63, 3.8) is 0 Å². The lowest BCUT2D eigenvalue weighted by Crippen LogP contribution is -2.08. The molecule has 0 aliphatic heterocycles. The van der Waals surface area contributed by atoms with Gasteiger partial charge < -0.3 is 4.74 Å². The molecule has 0 aliphatic rings. The number of allylic oxidation sites excluding steroid dienone is 2. The summed E-state index contributed by atoms with van der Waals surface area (Å²) in [5.74, 6) is 0.507. The number of hydrogen-bond donors (Lipinski definition) is 0. The second-order valence-electron chi connectivity index (χ2n) is 5.23. The highest BCUT2D eigenvalue weighted by atomic mass is 16.5. The molecule has 1 unspecified atom stereocenters. The topological polar surface area (TPSA) is 26.3 Å². The third-order valence-corrected chi connectivity index (χ3v) is 3.23. The molecule has 0 aromatic heterocycles. The van der Waals surface area contributed by atoms with E-state index in [9.17, 15) is 4.79 Å². The summed E-state index contributed by atoms with van der Waals surface area (Å²) in [5.41, 5.74) is 0. The lowest BCUT2D eigenvalue weighted by Gasteiger charge is -2.09. The maximum absolute atomic E-state index is 11.5. The summed E-state index contributed by atoms with van der Waals surface area (Å²) < 4.78 is 5.22. The van der Waals surface area contributed by atoms with Crippen LogP contribution in [0.25, 0.3) is 0 Å². The van der Waals surface area contributed by atoms with Crippen molar-refractivity contribution in [3.05, 3.63) is 25.3 Å². The lowest BCUT2D eigenvalue weighted by atomic mass is 10.1. The molecule has 0 saturated heterocycles. The molecule has 0 heterocycles. The monoisotopic (exact) mass is 266 g/mol. The Morgan fingerprint density at radius 2 is 1.79 bits per heavy atom. The van der Waals surface area contributed by atoms with Gasteiger partial charge in [0.05, 0.1) is 6.61 Å². The number of carbonyl (C=O) groups is 1. The van der Waals surface area contributed by atoms with Gasteiger partial charge in [-0.05, 0) is 38.0 Å². The zero-order chi connectivity index (χ0) is 14.3. The first-order valence-corrected chi connectivity index (χ1v) is 7.58. The molecule has 0 aromatic rings. The van der Waals surface area contributed by atoms with Gasteiger partial charge in [-0.1, -0.05) is 38.3 Å². The van der Waals surface area contributed by atoms with Crippen LogP contribution in [0.2, 0.25) is 0 Å². The highest BCUT2D eigenvalue weighted by molar-refractivity contribution is 5.69. The van der Waals surface area contributed by atoms with Gasteiger partial charge in [0.15, 0.2) is 0 Å². The highest BCUT2D eigenvalue weighted by Crippen LogP contribution is 2.10. The molecule has 1 atom stereocenters. The first-order valence-electron chi connectivity index (χ1n) is 7.58. The minimum atomic E-state index is -0.0445. The molecule has 0 radical (unpaired) electrons. The van der Waals surface area contributed by atoms with Gasteiger partial charge in [0.1, 0.15) is 0 Å². The van der Waals surface area contributed by atoms with Crippen molar-refractivity contribution >= 4 is 5.97 Å². The van der Waals surface area contributed by atoms with Gasteiger partial charge in [-0.3, -0.25) is 4.79 Å². The largest absolute Gasteiger partial charge is 0.466 e. The SMILES string of the molecule is C=CCCCCCCCC(=O)OCCC(C)CC=C. The second kappa shape index (κ2) is 13.4. The molecular formula is C17H30O2. The van der Waals surface area contributed by atoms with Gasteiger partial charge in [-0.15, -0.1) is 13.2 Å². The molecule has 0 aromatic carbocycles. The van der Waals surface area contributed by atoms with E-state index in [4.69, 9.17) is 4.74 Å². The van der Waals surface area contributed by atoms with Crippen molar-refractivity contribution in [2.45, 2.75) is 64.7 Å². The van der Waals surface area contributed by atoms with E-state index < -0.39 is 0 Å². The average Bonchev–Trinajstić information content (AvgIpc) is 2.38. The Hall–Kier alpha value is -1.05. The molecule has 110 valence electrons. The summed E-state index contributed by atoms with van der Waals surface area (Å²) in [6.07, 6.45) is 13.2. The fraction of sp³-hybridized carbons (Fsp3) is 0.706. The number of rotatable bonds is 13. The molecule has 2 heteroatoms.